The Bertz CT molecular complexity index is 331. The third-order valence-corrected chi connectivity index (χ3v) is 3.26. The van der Waals surface area contributed by atoms with Crippen LogP contribution in [0.2, 0.25) is 0 Å². The molecule has 1 heterocycles. The van der Waals surface area contributed by atoms with Crippen molar-refractivity contribution in [2.24, 2.45) is 5.41 Å². The number of rotatable bonds is 3. The number of hydrogen-bond acceptors (Lipinski definition) is 2. The second kappa shape index (κ2) is 2.69. The van der Waals surface area contributed by atoms with E-state index in [1.165, 1.54) is 5.56 Å². The van der Waals surface area contributed by atoms with Crippen molar-refractivity contribution in [3.8, 4) is 0 Å². The predicted octanol–water partition coefficient (Wildman–Crippen LogP) is 1.80. The van der Waals surface area contributed by atoms with Crippen molar-refractivity contribution < 1.29 is 4.79 Å². The molecule has 1 aromatic heterocycles. The number of carbonyl (C=O) groups excluding carboxylic acids is 1. The number of aryl methyl sites for hydroxylation is 1. The molecule has 2 unspecified atom stereocenters. The fourth-order valence-electron chi connectivity index (χ4n) is 2.07. The Balaban J connectivity index is 2.24. The van der Waals surface area contributed by atoms with Crippen LogP contribution in [0.4, 0.5) is 0 Å². The van der Waals surface area contributed by atoms with Crippen LogP contribution in [0.3, 0.4) is 0 Å². The quantitative estimate of drug-likeness (QED) is 0.717. The van der Waals surface area contributed by atoms with Crippen molar-refractivity contribution in [3.63, 3.8) is 0 Å². The number of aromatic nitrogens is 2. The fourth-order valence-corrected chi connectivity index (χ4v) is 2.07. The lowest BCUT2D eigenvalue weighted by Gasteiger charge is -2.04. The summed E-state index contributed by atoms with van der Waals surface area (Å²) < 4.78 is 0. The monoisotopic (exact) mass is 178 g/mol. The first-order valence-electron chi connectivity index (χ1n) is 4.70. The molecule has 1 N–H and O–H groups in total. The van der Waals surface area contributed by atoms with E-state index in [-0.39, 0.29) is 5.41 Å². The summed E-state index contributed by atoms with van der Waals surface area (Å²) in [5.74, 6) is 0.411. The van der Waals surface area contributed by atoms with E-state index in [0.29, 0.717) is 5.92 Å². The lowest BCUT2D eigenvalue weighted by Crippen LogP contribution is -2.03. The van der Waals surface area contributed by atoms with Crippen LogP contribution < -0.4 is 0 Å². The number of H-pyrrole nitrogens is 1. The molecule has 13 heavy (non-hydrogen) atoms. The Morgan fingerprint density at radius 3 is 3.00 bits per heavy atom. The maximum absolute atomic E-state index is 10.9. The van der Waals surface area contributed by atoms with Gasteiger partial charge in [-0.2, -0.15) is 5.10 Å². The zero-order chi connectivity index (χ0) is 9.47. The number of nitrogens with one attached hydrogen (secondary N) is 1. The van der Waals surface area contributed by atoms with E-state index in [2.05, 4.69) is 17.1 Å². The van der Waals surface area contributed by atoms with E-state index in [1.54, 1.807) is 0 Å². The summed E-state index contributed by atoms with van der Waals surface area (Å²) in [4.78, 5) is 10.9. The summed E-state index contributed by atoms with van der Waals surface area (Å²) in [6.07, 6.45) is 4.96. The van der Waals surface area contributed by atoms with Crippen molar-refractivity contribution in [1.82, 2.24) is 10.2 Å². The van der Waals surface area contributed by atoms with Gasteiger partial charge >= 0.3 is 0 Å². The molecule has 2 atom stereocenters. The summed E-state index contributed by atoms with van der Waals surface area (Å²) in [6, 6.07) is 0. The molecule has 0 amide bonds. The van der Waals surface area contributed by atoms with E-state index in [9.17, 15) is 4.79 Å². The van der Waals surface area contributed by atoms with Crippen molar-refractivity contribution in [1.29, 1.82) is 0 Å². The first-order valence-corrected chi connectivity index (χ1v) is 4.70. The molecule has 0 spiro atoms. The molecule has 1 aliphatic rings. The van der Waals surface area contributed by atoms with Crippen LogP contribution in [-0.4, -0.2) is 16.5 Å². The summed E-state index contributed by atoms with van der Waals surface area (Å²) in [5, 5.41) is 6.91. The maximum atomic E-state index is 10.9. The van der Waals surface area contributed by atoms with Crippen molar-refractivity contribution in [2.45, 2.75) is 32.6 Å². The minimum atomic E-state index is -0.0748. The Labute approximate surface area is 77.5 Å². The Hall–Kier alpha value is -1.12. The summed E-state index contributed by atoms with van der Waals surface area (Å²) in [5.41, 5.74) is 2.17. The van der Waals surface area contributed by atoms with Crippen LogP contribution in [-0.2, 0) is 4.79 Å². The maximum Gasteiger partial charge on any atom is 0.126 e. The molecule has 1 fully saturated rings. The van der Waals surface area contributed by atoms with Gasteiger partial charge in [0.25, 0.3) is 0 Å². The Kier molecular flexibility index (Phi) is 1.75. The van der Waals surface area contributed by atoms with Gasteiger partial charge in [-0.3, -0.25) is 5.10 Å². The summed E-state index contributed by atoms with van der Waals surface area (Å²) in [7, 11) is 0. The lowest BCUT2D eigenvalue weighted by molar-refractivity contribution is -0.112. The van der Waals surface area contributed by atoms with Crippen molar-refractivity contribution in [2.75, 3.05) is 0 Å². The van der Waals surface area contributed by atoms with Gasteiger partial charge in [0.05, 0.1) is 5.69 Å². The third-order valence-electron chi connectivity index (χ3n) is 3.26. The first kappa shape index (κ1) is 8.48. The van der Waals surface area contributed by atoms with Crippen molar-refractivity contribution >= 4 is 6.29 Å². The van der Waals surface area contributed by atoms with E-state index in [0.717, 1.165) is 24.8 Å². The van der Waals surface area contributed by atoms with E-state index >= 15 is 0 Å². The largest absolute Gasteiger partial charge is 0.303 e. The molecule has 1 saturated carbocycles. The van der Waals surface area contributed by atoms with Crippen molar-refractivity contribution in [3.05, 3.63) is 17.5 Å². The minimum absolute atomic E-state index is 0.0748. The molecule has 0 bridgehead atoms. The van der Waals surface area contributed by atoms with Gasteiger partial charge < -0.3 is 4.79 Å². The number of aldehydes is 1. The van der Waals surface area contributed by atoms with Gasteiger partial charge in [-0.25, -0.2) is 0 Å². The smallest absolute Gasteiger partial charge is 0.126 e. The highest BCUT2D eigenvalue weighted by Gasteiger charge is 2.54. The fraction of sp³-hybridized carbons (Fsp3) is 0.600. The lowest BCUT2D eigenvalue weighted by atomic mass is 9.98. The molecule has 0 aliphatic heterocycles. The molecule has 1 aliphatic carbocycles. The normalized spacial score (nSPS) is 31.7. The van der Waals surface area contributed by atoms with Gasteiger partial charge in [0, 0.05) is 17.5 Å². The molecule has 0 saturated heterocycles. The van der Waals surface area contributed by atoms with E-state index < -0.39 is 0 Å². The van der Waals surface area contributed by atoms with Gasteiger partial charge in [-0.1, -0.05) is 6.92 Å². The second-order valence-electron chi connectivity index (χ2n) is 3.89. The molecular weight excluding hydrogens is 164 g/mol. The topological polar surface area (TPSA) is 45.8 Å². The second-order valence-corrected chi connectivity index (χ2v) is 3.89. The zero-order valence-corrected chi connectivity index (χ0v) is 8.00. The molecule has 2 rings (SSSR count). The molecule has 0 aromatic carbocycles. The van der Waals surface area contributed by atoms with Gasteiger partial charge in [0.1, 0.15) is 6.29 Å². The van der Waals surface area contributed by atoms with Crippen LogP contribution in [0, 0.1) is 12.3 Å². The SMILES string of the molecule is CCC1(C=O)CC1c1c[nH]nc1C. The summed E-state index contributed by atoms with van der Waals surface area (Å²) in [6.45, 7) is 4.05. The van der Waals surface area contributed by atoms with Crippen LogP contribution >= 0.6 is 0 Å². The average Bonchev–Trinajstić information content (AvgIpc) is 2.74. The highest BCUT2D eigenvalue weighted by molar-refractivity contribution is 5.67. The molecule has 3 heteroatoms. The number of carbonyl (C=O) groups is 1. The molecule has 3 nitrogen and oxygen atoms in total. The molecule has 0 radical (unpaired) electrons. The average molecular weight is 178 g/mol. The van der Waals surface area contributed by atoms with Gasteiger partial charge in [0.2, 0.25) is 0 Å². The first-order chi connectivity index (χ1) is 6.23. The highest BCUT2D eigenvalue weighted by atomic mass is 16.1. The van der Waals surface area contributed by atoms with Crippen LogP contribution in [0.15, 0.2) is 6.20 Å². The Morgan fingerprint density at radius 2 is 2.62 bits per heavy atom. The summed E-state index contributed by atoms with van der Waals surface area (Å²) >= 11 is 0. The predicted molar refractivity (Wildman–Crippen MR) is 49.5 cm³/mol. The minimum Gasteiger partial charge on any atom is -0.303 e. The van der Waals surface area contributed by atoms with Crippen LogP contribution in [0.5, 0.6) is 0 Å². The highest BCUT2D eigenvalue weighted by Crippen LogP contribution is 2.60. The standard InChI is InChI=1S/C10H14N2O/c1-3-10(6-13)4-9(10)8-5-11-12-7(8)2/h5-6,9H,3-4H2,1-2H3,(H,11,12). The molecular formula is C10H14N2O. The Morgan fingerprint density at radius 1 is 1.85 bits per heavy atom. The van der Waals surface area contributed by atoms with Crippen LogP contribution in [0.25, 0.3) is 0 Å². The molecule has 1 aromatic rings. The number of aromatic amines is 1. The molecule has 70 valence electrons. The zero-order valence-electron chi connectivity index (χ0n) is 8.00. The van der Waals surface area contributed by atoms with Gasteiger partial charge in [-0.05, 0) is 25.3 Å². The van der Waals surface area contributed by atoms with Gasteiger partial charge in [0.15, 0.2) is 0 Å². The number of nitrogens with zero attached hydrogens (tertiary/aromatic N) is 1. The van der Waals surface area contributed by atoms with E-state index in [1.807, 2.05) is 13.1 Å². The van der Waals surface area contributed by atoms with Crippen LogP contribution in [0.1, 0.15) is 36.9 Å². The number of hydrogen-bond donors (Lipinski definition) is 1. The third kappa shape index (κ3) is 1.10. The van der Waals surface area contributed by atoms with E-state index in [4.69, 9.17) is 0 Å². The van der Waals surface area contributed by atoms with Gasteiger partial charge in [-0.15, -0.1) is 0 Å².